The molecule has 1 aliphatic heterocycles. The van der Waals surface area contributed by atoms with Crippen molar-refractivity contribution >= 4 is 35.6 Å². The molecule has 10 heteroatoms. The molecule has 1 fully saturated rings. The summed E-state index contributed by atoms with van der Waals surface area (Å²) in [6.45, 7) is 1.44. The zero-order valence-electron chi connectivity index (χ0n) is 19.0. The Kier molecular flexibility index (Phi) is 10.8. The fraction of sp³-hybridized carbons (Fsp3) is 0.435. The number of benzene rings is 2. The summed E-state index contributed by atoms with van der Waals surface area (Å²) >= 11 is 0. The van der Waals surface area contributed by atoms with E-state index in [1.54, 1.807) is 33.2 Å². The third-order valence-corrected chi connectivity index (χ3v) is 5.16. The lowest BCUT2D eigenvalue weighted by molar-refractivity contribution is -0.0514. The average Bonchev–Trinajstić information content (AvgIpc) is 3.26. The van der Waals surface area contributed by atoms with Crippen molar-refractivity contribution in [2.24, 2.45) is 4.99 Å². The smallest absolute Gasteiger partial charge is 0.387 e. The molecule has 1 unspecified atom stereocenters. The van der Waals surface area contributed by atoms with Gasteiger partial charge in [-0.05, 0) is 43.2 Å². The molecule has 1 heterocycles. The lowest BCUT2D eigenvalue weighted by Gasteiger charge is -2.22. The third kappa shape index (κ3) is 7.51. The Balaban J connectivity index is 0.00000385. The Labute approximate surface area is 210 Å². The molecule has 1 atom stereocenters. The standard InChI is InChI=1S/C23H30F2N4O3.HI/c1-4-31-21-13-16(9-10-20(21)32-22(24)25)14-27-23(26-2)28-17-11-12-29(15-17)18-7-5-6-8-19(18)30-3;/h5-10,13,17,22H,4,11-12,14-15H2,1-3H3,(H2,26,27,28);1H. The first-order valence-corrected chi connectivity index (χ1v) is 10.6. The number of aliphatic imine (C=N–C) groups is 1. The van der Waals surface area contributed by atoms with Crippen molar-refractivity contribution < 1.29 is 23.0 Å². The zero-order chi connectivity index (χ0) is 22.9. The number of para-hydroxylation sites is 2. The normalized spacial score (nSPS) is 15.8. The van der Waals surface area contributed by atoms with Gasteiger partial charge in [-0.2, -0.15) is 8.78 Å². The minimum absolute atomic E-state index is 0. The van der Waals surface area contributed by atoms with Gasteiger partial charge in [-0.1, -0.05) is 18.2 Å². The molecule has 7 nitrogen and oxygen atoms in total. The van der Waals surface area contributed by atoms with Crippen molar-refractivity contribution in [1.29, 1.82) is 0 Å². The second-order valence-corrected chi connectivity index (χ2v) is 7.27. The van der Waals surface area contributed by atoms with Gasteiger partial charge in [-0.25, -0.2) is 0 Å². The second kappa shape index (κ2) is 13.3. The molecule has 0 aliphatic carbocycles. The molecule has 0 aromatic heterocycles. The largest absolute Gasteiger partial charge is 0.495 e. The highest BCUT2D eigenvalue weighted by Crippen LogP contribution is 2.31. The van der Waals surface area contributed by atoms with E-state index >= 15 is 0 Å². The van der Waals surface area contributed by atoms with Gasteiger partial charge < -0.3 is 29.7 Å². The molecule has 33 heavy (non-hydrogen) atoms. The van der Waals surface area contributed by atoms with Gasteiger partial charge in [0.1, 0.15) is 5.75 Å². The van der Waals surface area contributed by atoms with Crippen LogP contribution in [0.4, 0.5) is 14.5 Å². The number of methoxy groups -OCH3 is 1. The van der Waals surface area contributed by atoms with E-state index < -0.39 is 6.61 Å². The fourth-order valence-corrected chi connectivity index (χ4v) is 3.69. The average molecular weight is 576 g/mol. The molecule has 1 aliphatic rings. The molecule has 182 valence electrons. The van der Waals surface area contributed by atoms with E-state index in [1.807, 2.05) is 18.2 Å². The minimum Gasteiger partial charge on any atom is -0.495 e. The number of rotatable bonds is 9. The summed E-state index contributed by atoms with van der Waals surface area (Å²) < 4.78 is 40.6. The lowest BCUT2D eigenvalue weighted by atomic mass is 10.2. The van der Waals surface area contributed by atoms with Crippen LogP contribution in [-0.4, -0.2) is 52.5 Å². The molecule has 3 rings (SSSR count). The van der Waals surface area contributed by atoms with Crippen molar-refractivity contribution in [3.8, 4) is 17.2 Å². The van der Waals surface area contributed by atoms with Crippen molar-refractivity contribution in [2.45, 2.75) is 32.5 Å². The van der Waals surface area contributed by atoms with Crippen molar-refractivity contribution in [2.75, 3.05) is 38.8 Å². The summed E-state index contributed by atoms with van der Waals surface area (Å²) in [6, 6.07) is 13.1. The predicted octanol–water partition coefficient (Wildman–Crippen LogP) is 4.26. The third-order valence-electron chi connectivity index (χ3n) is 5.16. The number of hydrogen-bond donors (Lipinski definition) is 2. The van der Waals surface area contributed by atoms with Gasteiger partial charge in [0.05, 0.1) is 19.4 Å². The van der Waals surface area contributed by atoms with E-state index in [4.69, 9.17) is 9.47 Å². The number of nitrogens with zero attached hydrogens (tertiary/aromatic N) is 2. The van der Waals surface area contributed by atoms with Crippen LogP contribution in [0.3, 0.4) is 0 Å². The number of ether oxygens (including phenoxy) is 3. The monoisotopic (exact) mass is 576 g/mol. The van der Waals surface area contributed by atoms with Gasteiger partial charge >= 0.3 is 6.61 Å². The van der Waals surface area contributed by atoms with E-state index in [9.17, 15) is 8.78 Å². The Bertz CT molecular complexity index is 917. The first-order valence-electron chi connectivity index (χ1n) is 10.6. The number of alkyl halides is 2. The first kappa shape index (κ1) is 26.7. The SMILES string of the molecule is CCOc1cc(CNC(=NC)NC2CCN(c3ccccc3OC)C2)ccc1OC(F)F.I. The van der Waals surface area contributed by atoms with Crippen LogP contribution in [0.25, 0.3) is 0 Å². The van der Waals surface area contributed by atoms with E-state index in [1.165, 1.54) is 6.07 Å². The van der Waals surface area contributed by atoms with Crippen LogP contribution in [0.2, 0.25) is 0 Å². The molecule has 0 bridgehead atoms. The lowest BCUT2D eigenvalue weighted by Crippen LogP contribution is -2.44. The molecule has 0 spiro atoms. The number of anilines is 1. The van der Waals surface area contributed by atoms with E-state index in [-0.39, 0.29) is 35.8 Å². The highest BCUT2D eigenvalue weighted by Gasteiger charge is 2.25. The summed E-state index contributed by atoms with van der Waals surface area (Å²) in [5.41, 5.74) is 1.94. The summed E-state index contributed by atoms with van der Waals surface area (Å²) in [6.07, 6.45) is 0.965. The zero-order valence-corrected chi connectivity index (χ0v) is 21.3. The Morgan fingerprint density at radius 1 is 1.18 bits per heavy atom. The highest BCUT2D eigenvalue weighted by molar-refractivity contribution is 14.0. The van der Waals surface area contributed by atoms with Crippen molar-refractivity contribution in [3.05, 3.63) is 48.0 Å². The molecule has 0 saturated carbocycles. The topological polar surface area (TPSA) is 67.4 Å². The molecule has 2 N–H and O–H groups in total. The van der Waals surface area contributed by atoms with E-state index in [0.29, 0.717) is 24.9 Å². The summed E-state index contributed by atoms with van der Waals surface area (Å²) in [5.74, 6) is 1.84. The number of nitrogens with one attached hydrogen (secondary N) is 2. The van der Waals surface area contributed by atoms with Crippen molar-refractivity contribution in [3.63, 3.8) is 0 Å². The van der Waals surface area contributed by atoms with Gasteiger partial charge in [-0.15, -0.1) is 24.0 Å². The maximum atomic E-state index is 12.6. The van der Waals surface area contributed by atoms with Crippen molar-refractivity contribution in [1.82, 2.24) is 10.6 Å². The number of hydrogen-bond acceptors (Lipinski definition) is 5. The highest BCUT2D eigenvalue weighted by atomic mass is 127. The van der Waals surface area contributed by atoms with Crippen LogP contribution in [-0.2, 0) is 6.54 Å². The van der Waals surface area contributed by atoms with E-state index in [2.05, 4.69) is 31.3 Å². The summed E-state index contributed by atoms with van der Waals surface area (Å²) in [7, 11) is 3.40. The van der Waals surface area contributed by atoms with Gasteiger partial charge in [0.15, 0.2) is 17.5 Å². The fourth-order valence-electron chi connectivity index (χ4n) is 3.69. The van der Waals surface area contributed by atoms with Gasteiger partial charge in [0.2, 0.25) is 0 Å². The molecule has 1 saturated heterocycles. The number of guanidine groups is 1. The molecule has 0 amide bonds. The maximum absolute atomic E-state index is 12.6. The molecule has 2 aromatic carbocycles. The van der Waals surface area contributed by atoms with Crippen LogP contribution in [0.15, 0.2) is 47.5 Å². The van der Waals surface area contributed by atoms with Crippen LogP contribution < -0.4 is 29.7 Å². The van der Waals surface area contributed by atoms with Gasteiger partial charge in [-0.3, -0.25) is 4.99 Å². The minimum atomic E-state index is -2.90. The van der Waals surface area contributed by atoms with Crippen LogP contribution in [0, 0.1) is 0 Å². The molecule has 0 radical (unpaired) electrons. The summed E-state index contributed by atoms with van der Waals surface area (Å²) in [5, 5.41) is 6.72. The predicted molar refractivity (Wildman–Crippen MR) is 137 cm³/mol. The first-order chi connectivity index (χ1) is 15.5. The molecule has 2 aromatic rings. The second-order valence-electron chi connectivity index (χ2n) is 7.27. The van der Waals surface area contributed by atoms with Gasteiger partial charge in [0, 0.05) is 32.7 Å². The molecular weight excluding hydrogens is 545 g/mol. The van der Waals surface area contributed by atoms with Gasteiger partial charge in [0.25, 0.3) is 0 Å². The molecular formula is C23H31F2IN4O3. The quantitative estimate of drug-likeness (QED) is 0.265. The van der Waals surface area contributed by atoms with E-state index in [0.717, 1.165) is 36.5 Å². The van der Waals surface area contributed by atoms with Crippen LogP contribution in [0.1, 0.15) is 18.9 Å². The Hall–Kier alpha value is -2.50. The summed E-state index contributed by atoms with van der Waals surface area (Å²) in [4.78, 5) is 6.60. The Morgan fingerprint density at radius 3 is 2.67 bits per heavy atom. The maximum Gasteiger partial charge on any atom is 0.387 e. The van der Waals surface area contributed by atoms with Crippen LogP contribution in [0.5, 0.6) is 17.2 Å². The number of halogens is 3. The van der Waals surface area contributed by atoms with Crippen LogP contribution >= 0.6 is 24.0 Å². The Morgan fingerprint density at radius 2 is 1.97 bits per heavy atom.